The van der Waals surface area contributed by atoms with Crippen LogP contribution in [0.4, 0.5) is 75.8 Å². The smallest absolute Gasteiger partial charge is 0.332 e. The molecule has 47 nitrogen and oxygen atoms in total. The van der Waals surface area contributed by atoms with E-state index in [2.05, 4.69) is 50.6 Å². The van der Waals surface area contributed by atoms with Crippen molar-refractivity contribution in [1.29, 1.82) is 0 Å². The number of nitrogen functional groups attached to an aromatic ring is 5. The van der Waals surface area contributed by atoms with E-state index in [1.165, 1.54) is 55.5 Å². The zero-order chi connectivity index (χ0) is 102. The fourth-order valence-corrected chi connectivity index (χ4v) is 19.6. The quantitative estimate of drug-likeness (QED) is 0.0577. The molecule has 0 saturated carbocycles. The summed E-state index contributed by atoms with van der Waals surface area (Å²) < 4.78 is 3.83. The number of carboxylic acid groups (broad SMARTS) is 5. The van der Waals surface area contributed by atoms with E-state index in [9.17, 15) is 97.5 Å². The summed E-state index contributed by atoms with van der Waals surface area (Å²) >= 11 is 0. The maximum Gasteiger partial charge on any atom is 0.332 e. The van der Waals surface area contributed by atoms with Gasteiger partial charge in [-0.2, -0.15) is 0 Å². The minimum absolute atomic E-state index is 0.139. The number of carbonyl (C=O) groups is 15. The number of nitrogens with one attached hydrogen (secondary N) is 1. The molecule has 11 aromatic rings. The largest absolute Gasteiger partial charge is 0.480 e. The van der Waals surface area contributed by atoms with Gasteiger partial charge in [0.1, 0.15) is 34.9 Å². The number of hydrogen-bond donors (Lipinski definition) is 11. The molecule has 47 heteroatoms. The number of β-lactam (4-membered cyclic amide) rings is 5. The van der Waals surface area contributed by atoms with Gasteiger partial charge in [0.25, 0.3) is 0 Å². The first kappa shape index (κ1) is 97.4. The lowest BCUT2D eigenvalue weighted by Gasteiger charge is -2.45. The number of carboxylic acids is 5. The molecule has 15 amide bonds. The number of para-hydroxylation sites is 4. The first-order valence-corrected chi connectivity index (χ1v) is 45.9. The third kappa shape index (κ3) is 19.4. The molecule has 740 valence electrons. The standard InChI is InChI=1S/C22H21N7O4.C20H20N4O4.C19H19N5O4.C19H18N4O4.C17H19N7O4/c23-16-11-13(6-7-24-16)10-15-18(21(31)32)29(20(15)30)22(33)27-8-9-28-17(12-27)25-26-19(28)14-4-2-1-3-5-14;21-16-11-12(7-8-22-16)10-14-17(19(26)27)24(18(14)25)20(28)23-9-3-5-13-4-1-2-6-15(13)23;20-15-10-11(5-6-22-15)9-12-16(18(26)27)24(17(12)25)19(28)23-8-7-21-13-3-1-2-4-14(13)23;20-15-10-11(5-7-21-15)9-13-16(18(25)26)23(17(13)24)19(27)22-8-6-12-3-1-2-4-14(12)22;1-9-20-21-13-8-22(4-5-23(9)13)17(28)24-14(16(26)27)11(15(24)25)6-10-2-3-19-12(18)7-10/h1-7,11,15,18H,8-10,12H2,(H2,23,24)(H,31,32);1-2,4,6-8,11,14,17H,3,5,9-10H2,(H2,21,22)(H,26,27);1-6,10,12,16,21H,7-9H2,(H2,20,22)(H,26,27);1-5,7,10,13,16H,6,8-9H2,(H2,20,21)(H,25,26);2-3,7,11,14H,4-6,8H2,1H3,(H2,18,19)(H,26,27)/t15-,18+;14-,17+;12-,16+;13-,16+;11-,14+/m11111/s1. The Morgan fingerprint density at radius 2 is 0.660 bits per heavy atom. The second kappa shape index (κ2) is 41.0. The van der Waals surface area contributed by atoms with Crippen molar-refractivity contribution in [2.24, 2.45) is 29.6 Å². The van der Waals surface area contributed by atoms with E-state index >= 15 is 0 Å². The lowest BCUT2D eigenvalue weighted by atomic mass is 9.82. The molecular formula is C97H97N27O20. The molecule has 10 aliphatic heterocycles. The van der Waals surface area contributed by atoms with Crippen LogP contribution in [-0.2, 0) is 119 Å². The van der Waals surface area contributed by atoms with Gasteiger partial charge >= 0.3 is 60.0 Å². The molecule has 10 aliphatic rings. The molecule has 17 heterocycles. The predicted octanol–water partition coefficient (Wildman–Crippen LogP) is 4.83. The van der Waals surface area contributed by atoms with Crippen molar-refractivity contribution < 1.29 is 97.5 Å². The van der Waals surface area contributed by atoms with Crippen molar-refractivity contribution >= 4 is 141 Å². The van der Waals surface area contributed by atoms with Gasteiger partial charge in [-0.05, 0) is 182 Å². The average Bonchev–Trinajstić information content (AvgIpc) is 0.969. The first-order valence-electron chi connectivity index (χ1n) is 45.9. The van der Waals surface area contributed by atoms with Crippen LogP contribution < -0.4 is 48.7 Å². The first-order chi connectivity index (χ1) is 69.2. The number of nitrogens with zero attached hydrogens (tertiary/aromatic N) is 21. The van der Waals surface area contributed by atoms with Gasteiger partial charge < -0.3 is 78.5 Å². The number of hydrogen-bond acceptors (Lipinski definition) is 30. The number of pyridine rings is 5. The fourth-order valence-electron chi connectivity index (χ4n) is 19.6. The minimum atomic E-state index is -1.24. The van der Waals surface area contributed by atoms with E-state index in [1.807, 2.05) is 101 Å². The number of urea groups is 5. The van der Waals surface area contributed by atoms with Crippen LogP contribution in [0.2, 0.25) is 0 Å². The molecule has 0 spiro atoms. The van der Waals surface area contributed by atoms with Gasteiger partial charge in [0.15, 0.2) is 47.7 Å². The molecule has 4 aromatic carbocycles. The molecule has 0 bridgehead atoms. The number of anilines is 9. The van der Waals surface area contributed by atoms with E-state index in [0.717, 1.165) is 76.9 Å². The molecule has 21 rings (SSSR count). The van der Waals surface area contributed by atoms with Gasteiger partial charge in [0.2, 0.25) is 29.5 Å². The zero-order valence-corrected chi connectivity index (χ0v) is 77.1. The molecule has 0 aliphatic carbocycles. The summed E-state index contributed by atoms with van der Waals surface area (Å²) in [6.45, 7) is 5.50. The fraction of sp³-hybridized carbons (Fsp3) is 0.299. The number of aromatic nitrogens is 11. The van der Waals surface area contributed by atoms with Crippen LogP contribution in [0, 0.1) is 36.5 Å². The average molecular weight is 1960 g/mol. The normalized spacial score (nSPS) is 20.7. The van der Waals surface area contributed by atoms with Crippen molar-refractivity contribution in [3.05, 3.63) is 251 Å². The maximum absolute atomic E-state index is 13.1. The number of amides is 15. The second-order valence-corrected chi connectivity index (χ2v) is 35.5. The number of aryl methyl sites for hydroxylation is 2. The summed E-state index contributed by atoms with van der Waals surface area (Å²) in [6.07, 6.45) is 10.7. The van der Waals surface area contributed by atoms with Crippen LogP contribution >= 0.6 is 0 Å². The minimum Gasteiger partial charge on any atom is -0.480 e. The molecular weight excluding hydrogens is 1860 g/mol. The zero-order valence-electron chi connectivity index (χ0n) is 77.1. The number of aliphatic carboxylic acids is 5. The number of carbonyl (C=O) groups excluding carboxylic acids is 10. The number of benzene rings is 4. The summed E-state index contributed by atoms with van der Waals surface area (Å²) in [5.74, 6) is -8.46. The Bertz CT molecular complexity index is 6810. The third-order valence-corrected chi connectivity index (χ3v) is 26.7. The van der Waals surface area contributed by atoms with Gasteiger partial charge in [-0.15, -0.1) is 20.4 Å². The molecule has 5 fully saturated rings. The molecule has 144 heavy (non-hydrogen) atoms. The van der Waals surface area contributed by atoms with Crippen LogP contribution in [0.5, 0.6) is 0 Å². The Morgan fingerprint density at radius 3 is 1.04 bits per heavy atom. The van der Waals surface area contributed by atoms with E-state index in [4.69, 9.17) is 28.7 Å². The molecule has 10 atom stereocenters. The topological polar surface area (TPSA) is 658 Å². The molecule has 0 radical (unpaired) electrons. The number of rotatable bonds is 16. The molecule has 5 saturated heterocycles. The van der Waals surface area contributed by atoms with Crippen LogP contribution in [-0.4, -0.2) is 273 Å². The summed E-state index contributed by atoms with van der Waals surface area (Å²) in [7, 11) is 0. The van der Waals surface area contributed by atoms with E-state index < -0.39 is 149 Å². The maximum atomic E-state index is 13.1. The van der Waals surface area contributed by atoms with Crippen LogP contribution in [0.1, 0.15) is 62.8 Å². The highest BCUT2D eigenvalue weighted by molar-refractivity contribution is 6.15. The summed E-state index contributed by atoms with van der Waals surface area (Å²) in [5, 5.41) is 67.9. The Hall–Kier alpha value is -18.2. The van der Waals surface area contributed by atoms with Gasteiger partial charge in [-0.1, -0.05) is 78.9 Å². The lowest BCUT2D eigenvalue weighted by Crippen LogP contribution is -2.69. The summed E-state index contributed by atoms with van der Waals surface area (Å²) in [5.41, 5.74) is 37.6. The van der Waals surface area contributed by atoms with Crippen molar-refractivity contribution in [3.63, 3.8) is 0 Å². The lowest BCUT2D eigenvalue weighted by molar-refractivity contribution is -0.166. The second-order valence-electron chi connectivity index (χ2n) is 35.5. The van der Waals surface area contributed by atoms with Crippen LogP contribution in [0.3, 0.4) is 0 Å². The Morgan fingerprint density at radius 1 is 0.340 bits per heavy atom. The highest BCUT2D eigenvalue weighted by Crippen LogP contribution is 2.42. The Balaban J connectivity index is 0.000000124. The van der Waals surface area contributed by atoms with Gasteiger partial charge in [-0.25, -0.2) is 97.4 Å². The van der Waals surface area contributed by atoms with Crippen molar-refractivity contribution in [3.8, 4) is 11.4 Å². The highest BCUT2D eigenvalue weighted by Gasteiger charge is 2.61. The third-order valence-electron chi connectivity index (χ3n) is 26.7. The number of nitrogens with two attached hydrogens (primary N) is 5. The number of fused-ring (bicyclic) bond motifs is 5. The number of likely N-dealkylation sites (tertiary alicyclic amines) is 5. The molecule has 16 N–H and O–H groups in total. The summed E-state index contributed by atoms with van der Waals surface area (Å²) in [6, 6.07) is 39.1. The molecule has 7 aromatic heterocycles. The Labute approximate surface area is 818 Å². The van der Waals surface area contributed by atoms with Crippen molar-refractivity contribution in [2.75, 3.05) is 88.0 Å². The summed E-state index contributed by atoms with van der Waals surface area (Å²) in [4.78, 5) is 219. The number of imide groups is 5. The van der Waals surface area contributed by atoms with Gasteiger partial charge in [0, 0.05) is 100 Å². The van der Waals surface area contributed by atoms with Gasteiger partial charge in [-0.3, -0.25) is 38.7 Å². The monoisotopic (exact) mass is 1960 g/mol. The van der Waals surface area contributed by atoms with Crippen molar-refractivity contribution in [1.82, 2.24) is 88.7 Å². The van der Waals surface area contributed by atoms with E-state index in [-0.39, 0.29) is 56.8 Å². The van der Waals surface area contributed by atoms with Crippen LogP contribution in [0.15, 0.2) is 195 Å². The Kier molecular flexibility index (Phi) is 27.8. The van der Waals surface area contributed by atoms with E-state index in [0.29, 0.717) is 127 Å². The van der Waals surface area contributed by atoms with E-state index in [1.54, 1.807) is 78.9 Å². The highest BCUT2D eigenvalue weighted by atomic mass is 16.4. The van der Waals surface area contributed by atoms with Gasteiger partial charge in [0.05, 0.1) is 54.1 Å². The SMILES string of the molecule is Cc1nnc2n1CCN(C(=O)N1C(=O)[C@H](Cc3ccnc(N)c3)[C@H]1C(=O)O)C2.Nc1cc(C[C@H]2C(=O)N(C(=O)N3CCCc4ccccc43)[C@@H]2C(=O)O)ccn1.Nc1cc(C[C@H]2C(=O)N(C(=O)N3CCNc4ccccc43)[C@@H]2C(=O)O)ccn1.Nc1cc(C[C@H]2C(=O)N(C(=O)N3CCc4ccccc43)[C@@H]2C(=O)O)ccn1.Nc1cc(C[C@H]2C(=O)N(C(=O)N3CCn4c(nnc4-c4ccccc4)C3)[C@@H]2C(=O)O)ccn1. The van der Waals surface area contributed by atoms with Crippen molar-refractivity contribution in [2.45, 2.75) is 115 Å². The predicted molar refractivity (Wildman–Crippen MR) is 510 cm³/mol. The molecule has 0 unspecified atom stereocenters. The van der Waals surface area contributed by atoms with Crippen LogP contribution in [0.25, 0.3) is 11.4 Å².